The van der Waals surface area contributed by atoms with Crippen LogP contribution in [0.25, 0.3) is 0 Å². The van der Waals surface area contributed by atoms with Gasteiger partial charge in [-0.05, 0) is 50.2 Å². The zero-order chi connectivity index (χ0) is 22.0. The Labute approximate surface area is 179 Å². The van der Waals surface area contributed by atoms with Crippen LogP contribution in [0.15, 0.2) is 47.1 Å². The molecule has 1 aromatic rings. The van der Waals surface area contributed by atoms with Crippen LogP contribution >= 0.6 is 0 Å². The standard InChI is InChI=1S/C24H36O6/c1-3-24(28,14-12-18-9-8-16-30-18)15-13-20-19(21(25)17-22(20)26)10-6-4-5-7-11-23(27)29-2/h4,6,8-9,13,15-16,19-22,25-26,28H,3,5,7,10-12,14,17H2,1-2H3/b6-4-,15-13+/t19-,20-,21+,22-,24+/m1/s1. The molecule has 1 aromatic heterocycles. The molecule has 0 bridgehead atoms. The summed E-state index contributed by atoms with van der Waals surface area (Å²) in [6, 6.07) is 3.73. The number of hydrogen-bond acceptors (Lipinski definition) is 6. The van der Waals surface area contributed by atoms with E-state index in [1.807, 2.05) is 37.3 Å². The lowest BCUT2D eigenvalue weighted by molar-refractivity contribution is -0.140. The Kier molecular flexibility index (Phi) is 9.82. The van der Waals surface area contributed by atoms with Crippen LogP contribution in [0, 0.1) is 11.8 Å². The van der Waals surface area contributed by atoms with Gasteiger partial charge >= 0.3 is 5.97 Å². The molecule has 6 heteroatoms. The molecule has 2 rings (SSSR count). The van der Waals surface area contributed by atoms with Crippen molar-refractivity contribution in [1.29, 1.82) is 0 Å². The Morgan fingerprint density at radius 1 is 1.33 bits per heavy atom. The molecular weight excluding hydrogens is 384 g/mol. The van der Waals surface area contributed by atoms with Gasteiger partial charge in [0.05, 0.1) is 31.2 Å². The predicted molar refractivity (Wildman–Crippen MR) is 115 cm³/mol. The fraction of sp³-hybridized carbons (Fsp3) is 0.625. The van der Waals surface area contributed by atoms with Gasteiger partial charge in [-0.25, -0.2) is 0 Å². The third kappa shape index (κ3) is 7.42. The molecule has 0 spiro atoms. The maximum absolute atomic E-state index is 11.1. The molecule has 0 unspecified atom stereocenters. The average Bonchev–Trinajstić information content (AvgIpc) is 3.35. The number of furan rings is 1. The molecule has 1 aliphatic rings. The molecule has 3 N–H and O–H groups in total. The van der Waals surface area contributed by atoms with E-state index in [9.17, 15) is 20.1 Å². The molecule has 0 amide bonds. The number of carbonyl (C=O) groups excluding carboxylic acids is 1. The summed E-state index contributed by atoms with van der Waals surface area (Å²) in [5.41, 5.74) is -0.978. The molecule has 0 saturated heterocycles. The van der Waals surface area contributed by atoms with E-state index in [2.05, 4.69) is 4.74 Å². The van der Waals surface area contributed by atoms with Crippen molar-refractivity contribution in [1.82, 2.24) is 0 Å². The minimum atomic E-state index is -0.978. The lowest BCUT2D eigenvalue weighted by atomic mass is 9.86. The van der Waals surface area contributed by atoms with Crippen LogP contribution in [-0.2, 0) is 16.0 Å². The molecule has 1 aliphatic carbocycles. The molecule has 1 fully saturated rings. The van der Waals surface area contributed by atoms with Crippen LogP contribution in [0.3, 0.4) is 0 Å². The van der Waals surface area contributed by atoms with Gasteiger partial charge in [0.2, 0.25) is 0 Å². The second-order valence-corrected chi connectivity index (χ2v) is 8.18. The number of rotatable bonds is 12. The summed E-state index contributed by atoms with van der Waals surface area (Å²) in [6.07, 6.45) is 12.7. The van der Waals surface area contributed by atoms with Crippen LogP contribution in [-0.4, -0.2) is 46.2 Å². The van der Waals surface area contributed by atoms with Crippen LogP contribution < -0.4 is 0 Å². The molecule has 0 aliphatic heterocycles. The van der Waals surface area contributed by atoms with E-state index in [0.717, 1.165) is 18.6 Å². The predicted octanol–water partition coefficient (Wildman–Crippen LogP) is 3.56. The lowest BCUT2D eigenvalue weighted by Gasteiger charge is -2.25. The molecule has 1 saturated carbocycles. The quantitative estimate of drug-likeness (QED) is 0.272. The summed E-state index contributed by atoms with van der Waals surface area (Å²) in [5, 5.41) is 31.7. The Bertz CT molecular complexity index is 680. The number of aliphatic hydroxyl groups is 3. The van der Waals surface area contributed by atoms with E-state index in [1.165, 1.54) is 7.11 Å². The van der Waals surface area contributed by atoms with Crippen molar-refractivity contribution in [3.05, 3.63) is 48.5 Å². The molecule has 1 heterocycles. The number of aryl methyl sites for hydroxylation is 1. The van der Waals surface area contributed by atoms with Crippen molar-refractivity contribution in [3.8, 4) is 0 Å². The molecule has 30 heavy (non-hydrogen) atoms. The summed E-state index contributed by atoms with van der Waals surface area (Å²) in [6.45, 7) is 1.93. The number of unbranched alkanes of at least 4 members (excludes halogenated alkanes) is 1. The topological polar surface area (TPSA) is 100 Å². The van der Waals surface area contributed by atoms with Gasteiger partial charge in [0.1, 0.15) is 5.76 Å². The van der Waals surface area contributed by atoms with Gasteiger partial charge in [-0.1, -0.05) is 31.2 Å². The first-order chi connectivity index (χ1) is 14.4. The lowest BCUT2D eigenvalue weighted by Crippen LogP contribution is -2.27. The van der Waals surface area contributed by atoms with Crippen molar-refractivity contribution < 1.29 is 29.3 Å². The van der Waals surface area contributed by atoms with Crippen molar-refractivity contribution in [3.63, 3.8) is 0 Å². The first kappa shape index (κ1) is 24.4. The number of aliphatic hydroxyl groups excluding tert-OH is 2. The number of allylic oxidation sites excluding steroid dienone is 2. The highest BCUT2D eigenvalue weighted by molar-refractivity contribution is 5.69. The minimum Gasteiger partial charge on any atom is -0.469 e. The van der Waals surface area contributed by atoms with E-state index in [-0.39, 0.29) is 17.8 Å². The van der Waals surface area contributed by atoms with Gasteiger partial charge in [-0.3, -0.25) is 4.79 Å². The van der Waals surface area contributed by atoms with Crippen molar-refractivity contribution in [2.75, 3.05) is 7.11 Å². The van der Waals surface area contributed by atoms with E-state index < -0.39 is 17.8 Å². The molecule has 6 nitrogen and oxygen atoms in total. The van der Waals surface area contributed by atoms with Gasteiger partial charge in [-0.15, -0.1) is 0 Å². The van der Waals surface area contributed by atoms with Gasteiger partial charge in [0.25, 0.3) is 0 Å². The van der Waals surface area contributed by atoms with Crippen molar-refractivity contribution in [2.24, 2.45) is 11.8 Å². The van der Waals surface area contributed by atoms with Gasteiger partial charge in [0, 0.05) is 25.2 Å². The molecular formula is C24H36O6. The number of hydrogen-bond donors (Lipinski definition) is 3. The fourth-order valence-corrected chi connectivity index (χ4v) is 4.01. The summed E-state index contributed by atoms with van der Waals surface area (Å²) < 4.78 is 9.97. The average molecular weight is 421 g/mol. The van der Waals surface area contributed by atoms with Crippen LogP contribution in [0.2, 0.25) is 0 Å². The van der Waals surface area contributed by atoms with Crippen LogP contribution in [0.1, 0.15) is 57.6 Å². The largest absolute Gasteiger partial charge is 0.469 e. The normalized spacial score (nSPS) is 26.4. The maximum Gasteiger partial charge on any atom is 0.305 e. The Morgan fingerprint density at radius 2 is 2.13 bits per heavy atom. The Hall–Kier alpha value is -1.89. The fourth-order valence-electron chi connectivity index (χ4n) is 4.01. The van der Waals surface area contributed by atoms with Gasteiger partial charge < -0.3 is 24.5 Å². The van der Waals surface area contributed by atoms with E-state index in [0.29, 0.717) is 38.5 Å². The van der Waals surface area contributed by atoms with Gasteiger partial charge in [0.15, 0.2) is 0 Å². The molecule has 0 radical (unpaired) electrons. The minimum absolute atomic E-state index is 0.0979. The highest BCUT2D eigenvalue weighted by Crippen LogP contribution is 2.37. The monoisotopic (exact) mass is 420 g/mol. The van der Waals surface area contributed by atoms with Crippen molar-refractivity contribution >= 4 is 5.97 Å². The first-order valence-corrected chi connectivity index (χ1v) is 10.9. The summed E-state index contributed by atoms with van der Waals surface area (Å²) in [5.74, 6) is 0.320. The third-order valence-electron chi connectivity index (χ3n) is 6.10. The highest BCUT2D eigenvalue weighted by atomic mass is 16.5. The maximum atomic E-state index is 11.1. The second kappa shape index (κ2) is 12.1. The second-order valence-electron chi connectivity index (χ2n) is 8.18. The van der Waals surface area contributed by atoms with Crippen LogP contribution in [0.4, 0.5) is 0 Å². The number of ether oxygens (including phenoxy) is 1. The summed E-state index contributed by atoms with van der Waals surface area (Å²) in [7, 11) is 1.38. The van der Waals surface area contributed by atoms with E-state index in [4.69, 9.17) is 4.42 Å². The highest BCUT2D eigenvalue weighted by Gasteiger charge is 2.39. The Morgan fingerprint density at radius 3 is 2.80 bits per heavy atom. The summed E-state index contributed by atoms with van der Waals surface area (Å²) >= 11 is 0. The zero-order valence-corrected chi connectivity index (χ0v) is 18.1. The Balaban J connectivity index is 1.91. The smallest absolute Gasteiger partial charge is 0.305 e. The summed E-state index contributed by atoms with van der Waals surface area (Å²) in [4.78, 5) is 11.1. The SMILES string of the molecule is CC[C@@](O)(/C=C/[C@@H]1[C@@H](C/C=C\CCCC(=O)OC)[C@@H](O)C[C@H]1O)CCc1ccco1. The van der Waals surface area contributed by atoms with E-state index >= 15 is 0 Å². The molecule has 0 aromatic carbocycles. The third-order valence-corrected chi connectivity index (χ3v) is 6.10. The van der Waals surface area contributed by atoms with Crippen LogP contribution in [0.5, 0.6) is 0 Å². The van der Waals surface area contributed by atoms with E-state index in [1.54, 1.807) is 12.3 Å². The molecule has 168 valence electrons. The number of methoxy groups -OCH3 is 1. The molecule has 5 atom stereocenters. The zero-order valence-electron chi connectivity index (χ0n) is 18.1. The first-order valence-electron chi connectivity index (χ1n) is 10.9. The van der Waals surface area contributed by atoms with Crippen molar-refractivity contribution in [2.45, 2.75) is 76.1 Å². The number of esters is 1. The number of carbonyl (C=O) groups is 1. The van der Waals surface area contributed by atoms with Gasteiger partial charge in [-0.2, -0.15) is 0 Å².